The predicted octanol–water partition coefficient (Wildman–Crippen LogP) is 1.51. The molecule has 1 aromatic rings. The van der Waals surface area contributed by atoms with Crippen LogP contribution in [0.3, 0.4) is 0 Å². The Hall–Kier alpha value is -2.28. The Morgan fingerprint density at radius 2 is 1.96 bits per heavy atom. The van der Waals surface area contributed by atoms with Crippen LogP contribution >= 0.6 is 0 Å². The fourth-order valence-corrected chi connectivity index (χ4v) is 2.57. The minimum Gasteiger partial charge on any atom is -0.497 e. The van der Waals surface area contributed by atoms with E-state index in [1.165, 1.54) is 0 Å². The van der Waals surface area contributed by atoms with Gasteiger partial charge in [0.25, 0.3) is 0 Å². The van der Waals surface area contributed by atoms with Crippen LogP contribution in [0.1, 0.15) is 31.4 Å². The van der Waals surface area contributed by atoms with Gasteiger partial charge in [-0.25, -0.2) is 4.79 Å². The van der Waals surface area contributed by atoms with E-state index < -0.39 is 18.2 Å². The molecule has 0 aromatic heterocycles. The maximum absolute atomic E-state index is 12.3. The van der Waals surface area contributed by atoms with Gasteiger partial charge in [0.05, 0.1) is 20.3 Å². The zero-order chi connectivity index (χ0) is 17.0. The molecule has 3 atom stereocenters. The van der Waals surface area contributed by atoms with Gasteiger partial charge in [0.15, 0.2) is 6.10 Å². The zero-order valence-corrected chi connectivity index (χ0v) is 13.4. The average molecular weight is 323 g/mol. The summed E-state index contributed by atoms with van der Waals surface area (Å²) in [6, 6.07) is 5.00. The summed E-state index contributed by atoms with van der Waals surface area (Å²) in [5, 5.41) is 11.7. The Labute approximate surface area is 134 Å². The number of carboxylic acids is 1. The SMILES string of the molecule is COc1ccc(OC)c(C(C)NC(=O)[C@@H]2CC[C@H](C(=O)O)O2)c1. The number of carboxylic acid groups (broad SMARTS) is 1. The number of aliphatic carboxylic acids is 1. The van der Waals surface area contributed by atoms with Crippen LogP contribution in [0.15, 0.2) is 18.2 Å². The molecule has 23 heavy (non-hydrogen) atoms. The van der Waals surface area contributed by atoms with E-state index in [0.29, 0.717) is 24.3 Å². The largest absolute Gasteiger partial charge is 0.497 e. The predicted molar refractivity (Wildman–Crippen MR) is 81.6 cm³/mol. The third-order valence-corrected chi connectivity index (χ3v) is 3.85. The highest BCUT2D eigenvalue weighted by molar-refractivity contribution is 5.83. The number of hydrogen-bond donors (Lipinski definition) is 2. The summed E-state index contributed by atoms with van der Waals surface area (Å²) in [5.74, 6) is -0.0757. The van der Waals surface area contributed by atoms with Gasteiger partial charge in [-0.05, 0) is 38.0 Å². The smallest absolute Gasteiger partial charge is 0.332 e. The molecule has 1 heterocycles. The topological polar surface area (TPSA) is 94.1 Å². The lowest BCUT2D eigenvalue weighted by Gasteiger charge is -2.20. The minimum absolute atomic E-state index is 0.328. The van der Waals surface area contributed by atoms with Crippen molar-refractivity contribution in [1.29, 1.82) is 0 Å². The van der Waals surface area contributed by atoms with Gasteiger partial charge < -0.3 is 24.6 Å². The van der Waals surface area contributed by atoms with Crippen LogP contribution in [0.25, 0.3) is 0 Å². The first-order valence-electron chi connectivity index (χ1n) is 7.36. The molecule has 1 unspecified atom stereocenters. The Kier molecular flexibility index (Phi) is 5.44. The highest BCUT2D eigenvalue weighted by atomic mass is 16.5. The number of rotatable bonds is 6. The number of methoxy groups -OCH3 is 2. The molecule has 0 saturated carbocycles. The van der Waals surface area contributed by atoms with Crippen LogP contribution in [0.5, 0.6) is 11.5 Å². The number of ether oxygens (including phenoxy) is 3. The molecule has 1 saturated heterocycles. The molecule has 0 aliphatic carbocycles. The Bertz CT molecular complexity index is 588. The molecular weight excluding hydrogens is 302 g/mol. The van der Waals surface area contributed by atoms with E-state index in [1.807, 2.05) is 6.92 Å². The Morgan fingerprint density at radius 3 is 2.52 bits per heavy atom. The molecule has 1 aliphatic rings. The van der Waals surface area contributed by atoms with E-state index in [0.717, 1.165) is 5.56 Å². The van der Waals surface area contributed by atoms with E-state index in [4.69, 9.17) is 19.3 Å². The number of carbonyl (C=O) groups excluding carboxylic acids is 1. The molecule has 0 bridgehead atoms. The summed E-state index contributed by atoms with van der Waals surface area (Å²) in [6.45, 7) is 1.82. The molecule has 0 radical (unpaired) electrons. The monoisotopic (exact) mass is 323 g/mol. The van der Waals surface area contributed by atoms with Crippen molar-refractivity contribution in [1.82, 2.24) is 5.32 Å². The number of hydrogen-bond acceptors (Lipinski definition) is 5. The van der Waals surface area contributed by atoms with E-state index in [-0.39, 0.29) is 11.9 Å². The molecule has 7 heteroatoms. The third-order valence-electron chi connectivity index (χ3n) is 3.85. The maximum Gasteiger partial charge on any atom is 0.332 e. The van der Waals surface area contributed by atoms with Gasteiger partial charge >= 0.3 is 5.97 Å². The number of amides is 1. The van der Waals surface area contributed by atoms with Gasteiger partial charge in [-0.1, -0.05) is 0 Å². The van der Waals surface area contributed by atoms with Gasteiger partial charge in [-0.15, -0.1) is 0 Å². The molecule has 2 rings (SSSR count). The van der Waals surface area contributed by atoms with Crippen molar-refractivity contribution in [2.45, 2.75) is 38.0 Å². The van der Waals surface area contributed by atoms with Gasteiger partial charge in [0, 0.05) is 5.56 Å². The van der Waals surface area contributed by atoms with Crippen molar-refractivity contribution in [3.05, 3.63) is 23.8 Å². The zero-order valence-electron chi connectivity index (χ0n) is 13.4. The fourth-order valence-electron chi connectivity index (χ4n) is 2.57. The summed E-state index contributed by atoms with van der Waals surface area (Å²) < 4.78 is 15.8. The second-order valence-electron chi connectivity index (χ2n) is 5.37. The number of carbonyl (C=O) groups is 2. The molecule has 126 valence electrons. The Balaban J connectivity index is 2.05. The quantitative estimate of drug-likeness (QED) is 0.824. The van der Waals surface area contributed by atoms with Gasteiger partial charge in [-0.2, -0.15) is 0 Å². The van der Waals surface area contributed by atoms with Crippen LogP contribution in [0.4, 0.5) is 0 Å². The molecule has 1 aliphatic heterocycles. The molecule has 2 N–H and O–H groups in total. The van der Waals surface area contributed by atoms with E-state index in [2.05, 4.69) is 5.32 Å². The Morgan fingerprint density at radius 1 is 1.26 bits per heavy atom. The molecule has 1 amide bonds. The molecule has 0 spiro atoms. The van der Waals surface area contributed by atoms with Gasteiger partial charge in [0.2, 0.25) is 5.91 Å². The first kappa shape index (κ1) is 17.1. The van der Waals surface area contributed by atoms with Gasteiger partial charge in [-0.3, -0.25) is 4.79 Å². The molecule has 7 nitrogen and oxygen atoms in total. The summed E-state index contributed by atoms with van der Waals surface area (Å²) in [5.41, 5.74) is 0.771. The standard InChI is InChI=1S/C16H21NO6/c1-9(11-8-10(21-2)4-5-12(11)22-3)17-15(18)13-6-7-14(23-13)16(19)20/h4-5,8-9,13-14H,6-7H2,1-3H3,(H,17,18)(H,19,20)/t9?,13-,14+/m0/s1. The van der Waals surface area contributed by atoms with Crippen molar-refractivity contribution >= 4 is 11.9 Å². The second kappa shape index (κ2) is 7.32. The summed E-state index contributed by atoms with van der Waals surface area (Å²) in [4.78, 5) is 23.1. The first-order valence-corrected chi connectivity index (χ1v) is 7.36. The maximum atomic E-state index is 12.3. The molecule has 1 fully saturated rings. The fraction of sp³-hybridized carbons (Fsp3) is 0.500. The third kappa shape index (κ3) is 3.92. The van der Waals surface area contributed by atoms with Crippen molar-refractivity contribution in [2.75, 3.05) is 14.2 Å². The van der Waals surface area contributed by atoms with Gasteiger partial charge in [0.1, 0.15) is 17.6 Å². The van der Waals surface area contributed by atoms with E-state index in [1.54, 1.807) is 32.4 Å². The average Bonchev–Trinajstić information content (AvgIpc) is 3.04. The summed E-state index contributed by atoms with van der Waals surface area (Å²) in [7, 11) is 3.12. The molecule has 1 aromatic carbocycles. The first-order chi connectivity index (χ1) is 11.0. The van der Waals surface area contributed by atoms with E-state index in [9.17, 15) is 9.59 Å². The van der Waals surface area contributed by atoms with Crippen LogP contribution in [0.2, 0.25) is 0 Å². The van der Waals surface area contributed by atoms with Crippen LogP contribution in [0, 0.1) is 0 Å². The normalized spacial score (nSPS) is 21.5. The van der Waals surface area contributed by atoms with Crippen LogP contribution in [-0.4, -0.2) is 43.4 Å². The second-order valence-corrected chi connectivity index (χ2v) is 5.37. The number of benzene rings is 1. The lowest BCUT2D eigenvalue weighted by atomic mass is 10.1. The highest BCUT2D eigenvalue weighted by Crippen LogP contribution is 2.29. The summed E-state index contributed by atoms with van der Waals surface area (Å²) >= 11 is 0. The minimum atomic E-state index is -1.04. The number of nitrogens with one attached hydrogen (secondary N) is 1. The van der Waals surface area contributed by atoms with Crippen LogP contribution in [-0.2, 0) is 14.3 Å². The van der Waals surface area contributed by atoms with Crippen molar-refractivity contribution in [2.24, 2.45) is 0 Å². The van der Waals surface area contributed by atoms with Crippen molar-refractivity contribution in [3.8, 4) is 11.5 Å². The van der Waals surface area contributed by atoms with E-state index >= 15 is 0 Å². The highest BCUT2D eigenvalue weighted by Gasteiger charge is 2.35. The van der Waals surface area contributed by atoms with Crippen molar-refractivity contribution < 1.29 is 28.9 Å². The summed E-state index contributed by atoms with van der Waals surface area (Å²) in [6.07, 6.45) is -0.919. The lowest BCUT2D eigenvalue weighted by Crippen LogP contribution is -2.37. The van der Waals surface area contributed by atoms with Crippen LogP contribution < -0.4 is 14.8 Å². The lowest BCUT2D eigenvalue weighted by molar-refractivity contribution is -0.151. The van der Waals surface area contributed by atoms with Crippen molar-refractivity contribution in [3.63, 3.8) is 0 Å². The molecular formula is C16H21NO6.